The number of rotatable bonds is 7. The Morgan fingerprint density at radius 3 is 2.53 bits per heavy atom. The molecule has 0 unspecified atom stereocenters. The molecule has 0 aromatic heterocycles. The quantitative estimate of drug-likeness (QED) is 0.587. The SMILES string of the molecule is CC(C)(C)OC(=O)N1CC[C@H]1C(=O)C[C@H](/C=C/C(=O)N1CCc2ccccc21)CC1CC1. The predicted octanol–water partition coefficient (Wildman–Crippen LogP) is 4.52. The molecule has 1 saturated carbocycles. The summed E-state index contributed by atoms with van der Waals surface area (Å²) in [6.07, 6.45) is 8.39. The van der Waals surface area contributed by atoms with E-state index in [0.717, 1.165) is 18.5 Å². The van der Waals surface area contributed by atoms with E-state index >= 15 is 0 Å². The summed E-state index contributed by atoms with van der Waals surface area (Å²) in [4.78, 5) is 41.6. The molecule has 4 rings (SSSR count). The first-order valence-corrected chi connectivity index (χ1v) is 11.8. The summed E-state index contributed by atoms with van der Waals surface area (Å²) in [6, 6.07) is 7.61. The Balaban J connectivity index is 1.37. The van der Waals surface area contributed by atoms with E-state index < -0.39 is 17.7 Å². The van der Waals surface area contributed by atoms with Crippen molar-refractivity contribution in [3.05, 3.63) is 42.0 Å². The number of amides is 2. The van der Waals surface area contributed by atoms with E-state index in [4.69, 9.17) is 4.74 Å². The lowest BCUT2D eigenvalue weighted by atomic mass is 9.89. The third-order valence-corrected chi connectivity index (χ3v) is 6.48. The minimum absolute atomic E-state index is 0.0257. The molecule has 2 atom stereocenters. The van der Waals surface area contributed by atoms with Crippen molar-refractivity contribution in [3.63, 3.8) is 0 Å². The molecule has 1 aromatic rings. The fourth-order valence-electron chi connectivity index (χ4n) is 4.54. The summed E-state index contributed by atoms with van der Waals surface area (Å²) in [6.45, 7) is 6.73. The summed E-state index contributed by atoms with van der Waals surface area (Å²) in [5.41, 5.74) is 1.61. The van der Waals surface area contributed by atoms with Crippen molar-refractivity contribution in [2.24, 2.45) is 11.8 Å². The number of ketones is 1. The first-order chi connectivity index (χ1) is 15.2. The van der Waals surface area contributed by atoms with Gasteiger partial charge < -0.3 is 9.64 Å². The molecule has 0 radical (unpaired) electrons. The van der Waals surface area contributed by atoms with E-state index in [1.54, 1.807) is 6.08 Å². The van der Waals surface area contributed by atoms with E-state index in [1.165, 1.54) is 23.3 Å². The van der Waals surface area contributed by atoms with Crippen LogP contribution in [0.2, 0.25) is 0 Å². The minimum atomic E-state index is -0.577. The third kappa shape index (κ3) is 5.40. The number of allylic oxidation sites excluding steroid dienone is 1. The van der Waals surface area contributed by atoms with E-state index in [2.05, 4.69) is 6.07 Å². The highest BCUT2D eigenvalue weighted by Crippen LogP contribution is 2.37. The summed E-state index contributed by atoms with van der Waals surface area (Å²) in [5, 5.41) is 0. The summed E-state index contributed by atoms with van der Waals surface area (Å²) < 4.78 is 5.44. The molecule has 6 heteroatoms. The van der Waals surface area contributed by atoms with Crippen molar-refractivity contribution >= 4 is 23.5 Å². The normalized spacial score (nSPS) is 21.3. The number of carbonyl (C=O) groups excluding carboxylic acids is 3. The highest BCUT2D eigenvalue weighted by atomic mass is 16.6. The first-order valence-electron chi connectivity index (χ1n) is 11.8. The van der Waals surface area contributed by atoms with Crippen LogP contribution in [-0.4, -0.2) is 47.4 Å². The molecule has 3 aliphatic rings. The van der Waals surface area contributed by atoms with Crippen LogP contribution in [-0.2, 0) is 20.7 Å². The zero-order valence-corrected chi connectivity index (χ0v) is 19.4. The highest BCUT2D eigenvalue weighted by Gasteiger charge is 2.40. The topological polar surface area (TPSA) is 66.9 Å². The molecule has 2 fully saturated rings. The number of ether oxygens (including phenoxy) is 1. The van der Waals surface area contributed by atoms with Gasteiger partial charge in [0.15, 0.2) is 5.78 Å². The second-order valence-corrected chi connectivity index (χ2v) is 10.3. The van der Waals surface area contributed by atoms with Gasteiger partial charge >= 0.3 is 6.09 Å². The van der Waals surface area contributed by atoms with Gasteiger partial charge in [-0.05, 0) is 69.6 Å². The fraction of sp³-hybridized carbons (Fsp3) is 0.577. The van der Waals surface area contributed by atoms with Crippen LogP contribution in [0.25, 0.3) is 0 Å². The van der Waals surface area contributed by atoms with Gasteiger partial charge in [-0.3, -0.25) is 14.5 Å². The molecular formula is C26H34N2O4. The number of para-hydroxylation sites is 1. The first kappa shape index (κ1) is 22.6. The van der Waals surface area contributed by atoms with Crippen LogP contribution in [0.4, 0.5) is 10.5 Å². The number of fused-ring (bicyclic) bond motifs is 1. The van der Waals surface area contributed by atoms with Crippen molar-refractivity contribution in [2.45, 2.75) is 70.9 Å². The van der Waals surface area contributed by atoms with Gasteiger partial charge in [0.25, 0.3) is 5.91 Å². The van der Waals surface area contributed by atoms with E-state index in [0.29, 0.717) is 31.8 Å². The molecule has 1 aromatic carbocycles. The zero-order valence-electron chi connectivity index (χ0n) is 19.4. The van der Waals surface area contributed by atoms with Crippen LogP contribution in [0.5, 0.6) is 0 Å². The van der Waals surface area contributed by atoms with Crippen molar-refractivity contribution in [2.75, 3.05) is 18.0 Å². The Hall–Kier alpha value is -2.63. The maximum atomic E-state index is 13.0. The second-order valence-electron chi connectivity index (χ2n) is 10.3. The maximum absolute atomic E-state index is 13.0. The fourth-order valence-corrected chi connectivity index (χ4v) is 4.54. The lowest BCUT2D eigenvalue weighted by Crippen LogP contribution is -2.56. The molecule has 32 heavy (non-hydrogen) atoms. The number of nitrogens with zero attached hydrogens (tertiary/aromatic N) is 2. The average Bonchev–Trinajstić information content (AvgIpc) is 3.38. The third-order valence-electron chi connectivity index (χ3n) is 6.48. The average molecular weight is 439 g/mol. The van der Waals surface area contributed by atoms with Crippen molar-refractivity contribution in [3.8, 4) is 0 Å². The second kappa shape index (κ2) is 9.08. The van der Waals surface area contributed by atoms with Crippen LogP contribution < -0.4 is 4.90 Å². The Kier molecular flexibility index (Phi) is 6.40. The van der Waals surface area contributed by atoms with Crippen LogP contribution in [0.3, 0.4) is 0 Å². The molecule has 1 aliphatic carbocycles. The molecule has 2 amide bonds. The smallest absolute Gasteiger partial charge is 0.410 e. The number of carbonyl (C=O) groups is 3. The summed E-state index contributed by atoms with van der Waals surface area (Å²) >= 11 is 0. The molecule has 0 bridgehead atoms. The number of Topliss-reactive ketones (excluding diaryl/α,β-unsaturated/α-hetero) is 1. The molecule has 172 valence electrons. The Bertz CT molecular complexity index is 913. The summed E-state index contributed by atoms with van der Waals surface area (Å²) in [5.74, 6) is 0.708. The van der Waals surface area contributed by atoms with Gasteiger partial charge in [-0.25, -0.2) is 4.79 Å². The zero-order chi connectivity index (χ0) is 22.9. The van der Waals surface area contributed by atoms with E-state index in [1.807, 2.05) is 49.9 Å². The Morgan fingerprint density at radius 1 is 1.12 bits per heavy atom. The molecule has 2 heterocycles. The molecule has 0 N–H and O–H groups in total. The summed E-state index contributed by atoms with van der Waals surface area (Å²) in [7, 11) is 0. The van der Waals surface area contributed by atoms with Gasteiger partial charge in [0.1, 0.15) is 5.60 Å². The van der Waals surface area contributed by atoms with Crippen molar-refractivity contribution in [1.82, 2.24) is 4.90 Å². The van der Waals surface area contributed by atoms with Crippen LogP contribution in [0.15, 0.2) is 36.4 Å². The van der Waals surface area contributed by atoms with Gasteiger partial charge in [-0.1, -0.05) is 37.1 Å². The van der Waals surface area contributed by atoms with Gasteiger partial charge in [0.2, 0.25) is 0 Å². The molecular weight excluding hydrogens is 404 g/mol. The standard InChI is InChI=1S/C26H34N2O4/c1-26(2,3)32-25(31)28-15-13-22(28)23(29)17-19(16-18-8-9-18)10-11-24(30)27-14-12-20-6-4-5-7-21(20)27/h4-7,10-11,18-19,22H,8-9,12-17H2,1-3H3/b11-10+/t19-,22+/m1/s1. The number of likely N-dealkylation sites (tertiary alicyclic amines) is 1. The molecule has 1 saturated heterocycles. The molecule has 0 spiro atoms. The number of anilines is 1. The van der Waals surface area contributed by atoms with Gasteiger partial charge in [0, 0.05) is 25.2 Å². The van der Waals surface area contributed by atoms with E-state index in [-0.39, 0.29) is 17.6 Å². The molecule has 2 aliphatic heterocycles. The van der Waals surface area contributed by atoms with Crippen molar-refractivity contribution in [1.29, 1.82) is 0 Å². The van der Waals surface area contributed by atoms with Gasteiger partial charge in [0.05, 0.1) is 6.04 Å². The predicted molar refractivity (Wildman–Crippen MR) is 123 cm³/mol. The highest BCUT2D eigenvalue weighted by molar-refractivity contribution is 6.03. The van der Waals surface area contributed by atoms with Crippen LogP contribution >= 0.6 is 0 Å². The number of hydrogen-bond donors (Lipinski definition) is 0. The molecule has 6 nitrogen and oxygen atoms in total. The lowest BCUT2D eigenvalue weighted by Gasteiger charge is -2.40. The monoisotopic (exact) mass is 438 g/mol. The number of hydrogen-bond acceptors (Lipinski definition) is 4. The Labute approximate surface area is 190 Å². The number of benzene rings is 1. The Morgan fingerprint density at radius 2 is 1.88 bits per heavy atom. The van der Waals surface area contributed by atoms with Crippen LogP contribution in [0, 0.1) is 11.8 Å². The van der Waals surface area contributed by atoms with Crippen LogP contribution in [0.1, 0.15) is 58.4 Å². The van der Waals surface area contributed by atoms with Crippen molar-refractivity contribution < 1.29 is 19.1 Å². The van der Waals surface area contributed by atoms with Gasteiger partial charge in [-0.15, -0.1) is 0 Å². The largest absolute Gasteiger partial charge is 0.444 e. The lowest BCUT2D eigenvalue weighted by molar-refractivity contribution is -0.129. The minimum Gasteiger partial charge on any atom is -0.444 e. The van der Waals surface area contributed by atoms with Gasteiger partial charge in [-0.2, -0.15) is 0 Å². The van der Waals surface area contributed by atoms with E-state index in [9.17, 15) is 14.4 Å². The maximum Gasteiger partial charge on any atom is 0.410 e.